The molecule has 18 heavy (non-hydrogen) atoms. The van der Waals surface area contributed by atoms with Crippen molar-refractivity contribution in [2.45, 2.75) is 32.2 Å². The summed E-state index contributed by atoms with van der Waals surface area (Å²) in [6, 6.07) is 2.28. The second-order valence-electron chi connectivity index (χ2n) is 4.17. The fraction of sp³-hybridized carbons (Fsp3) is 0.500. The second-order valence-corrected chi connectivity index (χ2v) is 4.58. The fourth-order valence-corrected chi connectivity index (χ4v) is 2.26. The number of hydrogen-bond donors (Lipinski definition) is 1. The van der Waals surface area contributed by atoms with Crippen LogP contribution >= 0.6 is 11.6 Å². The van der Waals surface area contributed by atoms with E-state index in [1.165, 1.54) is 0 Å². The smallest absolute Gasteiger partial charge is 0.274 e. The number of nitrogens with zero attached hydrogens (tertiary/aromatic N) is 1. The van der Waals surface area contributed by atoms with Crippen molar-refractivity contribution in [1.29, 1.82) is 0 Å². The van der Waals surface area contributed by atoms with Crippen molar-refractivity contribution in [2.75, 3.05) is 7.05 Å². The normalized spacial score (nSPS) is 14.3. The number of nitro benzene ring substituents is 1. The molecule has 0 saturated carbocycles. The molecule has 0 aromatic heterocycles. The number of nitro groups is 1. The van der Waals surface area contributed by atoms with Gasteiger partial charge in [0.25, 0.3) is 5.69 Å². The molecule has 100 valence electrons. The van der Waals surface area contributed by atoms with Crippen LogP contribution in [-0.4, -0.2) is 18.0 Å². The minimum atomic E-state index is -0.630. The number of rotatable bonds is 5. The van der Waals surface area contributed by atoms with Crippen molar-refractivity contribution >= 4 is 17.3 Å². The molecule has 1 aromatic carbocycles. The number of nitrogens with one attached hydrogen (secondary N) is 1. The van der Waals surface area contributed by atoms with Crippen molar-refractivity contribution in [3.8, 4) is 0 Å². The lowest BCUT2D eigenvalue weighted by molar-refractivity contribution is -0.385. The van der Waals surface area contributed by atoms with Crippen LogP contribution in [0.25, 0.3) is 0 Å². The van der Waals surface area contributed by atoms with Crippen LogP contribution in [0.2, 0.25) is 5.02 Å². The minimum absolute atomic E-state index is 0.0456. The molecule has 0 aliphatic carbocycles. The molecule has 0 saturated heterocycles. The van der Waals surface area contributed by atoms with Crippen LogP contribution in [0.15, 0.2) is 12.1 Å². The molecular formula is C12H16ClFN2O2. The highest BCUT2D eigenvalue weighted by Gasteiger charge is 2.26. The SMILES string of the molecule is CCC(NC)C(C)c1cc(F)c(Cl)cc1[N+](=O)[O-]. The minimum Gasteiger partial charge on any atom is -0.316 e. The van der Waals surface area contributed by atoms with Gasteiger partial charge in [-0.05, 0) is 19.5 Å². The quantitative estimate of drug-likeness (QED) is 0.660. The molecule has 1 aromatic rings. The predicted molar refractivity (Wildman–Crippen MR) is 69.6 cm³/mol. The van der Waals surface area contributed by atoms with Crippen molar-refractivity contribution in [3.63, 3.8) is 0 Å². The van der Waals surface area contributed by atoms with Gasteiger partial charge in [0.2, 0.25) is 0 Å². The topological polar surface area (TPSA) is 55.2 Å². The van der Waals surface area contributed by atoms with Crippen LogP contribution in [0.4, 0.5) is 10.1 Å². The van der Waals surface area contributed by atoms with Crippen LogP contribution in [0.1, 0.15) is 31.7 Å². The van der Waals surface area contributed by atoms with E-state index in [4.69, 9.17) is 11.6 Å². The summed E-state index contributed by atoms with van der Waals surface area (Å²) in [5.41, 5.74) is 0.228. The van der Waals surface area contributed by atoms with Gasteiger partial charge < -0.3 is 5.32 Å². The Morgan fingerprint density at radius 1 is 1.56 bits per heavy atom. The van der Waals surface area contributed by atoms with E-state index in [1.807, 2.05) is 13.8 Å². The van der Waals surface area contributed by atoms with E-state index < -0.39 is 10.7 Å². The summed E-state index contributed by atoms with van der Waals surface area (Å²) in [4.78, 5) is 10.5. The zero-order valence-corrected chi connectivity index (χ0v) is 11.3. The standard InChI is InChI=1S/C12H16ClFN2O2/c1-4-11(15-3)7(2)8-5-10(14)9(13)6-12(8)16(17)18/h5-7,11,15H,4H2,1-3H3. The molecule has 2 atom stereocenters. The molecular weight excluding hydrogens is 259 g/mol. The van der Waals surface area contributed by atoms with E-state index in [-0.39, 0.29) is 22.7 Å². The third kappa shape index (κ3) is 2.97. The van der Waals surface area contributed by atoms with Gasteiger partial charge in [-0.1, -0.05) is 25.4 Å². The zero-order chi connectivity index (χ0) is 13.9. The van der Waals surface area contributed by atoms with Crippen LogP contribution in [0.3, 0.4) is 0 Å². The summed E-state index contributed by atoms with van der Waals surface area (Å²) in [6.07, 6.45) is 0.791. The summed E-state index contributed by atoms with van der Waals surface area (Å²) in [6.45, 7) is 3.80. The van der Waals surface area contributed by atoms with Gasteiger partial charge in [-0.25, -0.2) is 4.39 Å². The van der Waals surface area contributed by atoms with Gasteiger partial charge in [0.15, 0.2) is 0 Å². The highest BCUT2D eigenvalue weighted by Crippen LogP contribution is 2.33. The first-order chi connectivity index (χ1) is 8.42. The Hall–Kier alpha value is -1.20. The second kappa shape index (κ2) is 6.11. The lowest BCUT2D eigenvalue weighted by atomic mass is 9.90. The first-order valence-electron chi connectivity index (χ1n) is 5.72. The molecule has 4 nitrogen and oxygen atoms in total. The summed E-state index contributed by atoms with van der Waals surface area (Å²) in [7, 11) is 1.78. The summed E-state index contributed by atoms with van der Waals surface area (Å²) >= 11 is 5.59. The van der Waals surface area contributed by atoms with Crippen molar-refractivity contribution < 1.29 is 9.31 Å². The maximum atomic E-state index is 13.5. The van der Waals surface area contributed by atoms with Gasteiger partial charge >= 0.3 is 0 Å². The third-order valence-electron chi connectivity index (χ3n) is 3.17. The molecule has 0 amide bonds. The summed E-state index contributed by atoms with van der Waals surface area (Å²) in [5.74, 6) is -0.803. The first-order valence-corrected chi connectivity index (χ1v) is 6.10. The number of likely N-dealkylation sites (N-methyl/N-ethyl adjacent to an activating group) is 1. The van der Waals surface area contributed by atoms with E-state index in [2.05, 4.69) is 5.32 Å². The van der Waals surface area contributed by atoms with E-state index in [0.717, 1.165) is 18.6 Å². The molecule has 0 aliphatic heterocycles. The molecule has 1 N–H and O–H groups in total. The zero-order valence-electron chi connectivity index (χ0n) is 10.5. The maximum absolute atomic E-state index is 13.5. The van der Waals surface area contributed by atoms with Crippen LogP contribution in [0, 0.1) is 15.9 Å². The van der Waals surface area contributed by atoms with E-state index in [9.17, 15) is 14.5 Å². The monoisotopic (exact) mass is 274 g/mol. The molecule has 0 bridgehead atoms. The lowest BCUT2D eigenvalue weighted by Gasteiger charge is -2.22. The summed E-state index contributed by atoms with van der Waals surface area (Å²) in [5, 5.41) is 13.8. The van der Waals surface area contributed by atoms with Gasteiger partial charge in [0.05, 0.1) is 9.95 Å². The molecule has 0 fully saturated rings. The Bertz CT molecular complexity index is 450. The van der Waals surface area contributed by atoms with Crippen molar-refractivity contribution in [1.82, 2.24) is 5.32 Å². The van der Waals surface area contributed by atoms with Crippen LogP contribution in [0.5, 0.6) is 0 Å². The van der Waals surface area contributed by atoms with Gasteiger partial charge in [-0.2, -0.15) is 0 Å². The lowest BCUT2D eigenvalue weighted by Crippen LogP contribution is -2.30. The highest BCUT2D eigenvalue weighted by molar-refractivity contribution is 6.31. The van der Waals surface area contributed by atoms with E-state index in [0.29, 0.717) is 5.56 Å². The van der Waals surface area contributed by atoms with E-state index in [1.54, 1.807) is 7.05 Å². The fourth-order valence-electron chi connectivity index (χ4n) is 2.10. The molecule has 0 spiro atoms. The number of halogens is 2. The predicted octanol–water partition coefficient (Wildman–Crippen LogP) is 3.49. The summed E-state index contributed by atoms with van der Waals surface area (Å²) < 4.78 is 13.5. The van der Waals surface area contributed by atoms with E-state index >= 15 is 0 Å². The van der Waals surface area contributed by atoms with Gasteiger partial charge in [0.1, 0.15) is 5.82 Å². The molecule has 2 unspecified atom stereocenters. The van der Waals surface area contributed by atoms with Gasteiger partial charge in [-0.15, -0.1) is 0 Å². The Balaban J connectivity index is 3.29. The molecule has 0 aliphatic rings. The van der Waals surface area contributed by atoms with Crippen molar-refractivity contribution in [3.05, 3.63) is 38.7 Å². The van der Waals surface area contributed by atoms with Crippen LogP contribution < -0.4 is 5.32 Å². The third-order valence-corrected chi connectivity index (χ3v) is 3.46. The largest absolute Gasteiger partial charge is 0.316 e. The van der Waals surface area contributed by atoms with Crippen molar-refractivity contribution in [2.24, 2.45) is 0 Å². The number of hydrogen-bond acceptors (Lipinski definition) is 3. The Kier molecular flexibility index (Phi) is 5.04. The molecule has 0 radical (unpaired) electrons. The first kappa shape index (κ1) is 14.9. The Morgan fingerprint density at radius 2 is 2.17 bits per heavy atom. The average molecular weight is 275 g/mol. The molecule has 6 heteroatoms. The van der Waals surface area contributed by atoms with Gasteiger partial charge in [0, 0.05) is 23.6 Å². The average Bonchev–Trinajstić information content (AvgIpc) is 2.33. The van der Waals surface area contributed by atoms with Gasteiger partial charge in [-0.3, -0.25) is 10.1 Å². The Labute approximate surface area is 110 Å². The highest BCUT2D eigenvalue weighted by atomic mass is 35.5. The molecule has 1 rings (SSSR count). The Morgan fingerprint density at radius 3 is 2.61 bits per heavy atom. The van der Waals surface area contributed by atoms with Crippen LogP contribution in [-0.2, 0) is 0 Å². The maximum Gasteiger partial charge on any atom is 0.274 e. The molecule has 0 heterocycles. The number of benzene rings is 1.